The van der Waals surface area contributed by atoms with Crippen molar-refractivity contribution in [1.29, 1.82) is 0 Å². The quantitative estimate of drug-likeness (QED) is 0.904. The zero-order chi connectivity index (χ0) is 12.1. The van der Waals surface area contributed by atoms with Crippen molar-refractivity contribution in [3.05, 3.63) is 34.1 Å². The monoisotopic (exact) mass is 290 g/mol. The molecule has 1 rings (SSSR count). The van der Waals surface area contributed by atoms with Crippen LogP contribution in [0.5, 0.6) is 0 Å². The molecule has 0 aliphatic rings. The molecule has 0 fully saturated rings. The van der Waals surface area contributed by atoms with Crippen LogP contribution in [0.3, 0.4) is 0 Å². The minimum absolute atomic E-state index is 0.220. The molecular formula is C12H16BrFO2. The highest BCUT2D eigenvalue weighted by molar-refractivity contribution is 9.10. The summed E-state index contributed by atoms with van der Waals surface area (Å²) in [7, 11) is 0. The van der Waals surface area contributed by atoms with Gasteiger partial charge >= 0.3 is 0 Å². The molecule has 0 spiro atoms. The lowest BCUT2D eigenvalue weighted by atomic mass is 10.0. The van der Waals surface area contributed by atoms with E-state index in [1.54, 1.807) is 6.07 Å². The molecule has 0 aliphatic carbocycles. The second-order valence-corrected chi connectivity index (χ2v) is 4.52. The summed E-state index contributed by atoms with van der Waals surface area (Å²) < 4.78 is 18.8. The van der Waals surface area contributed by atoms with Crippen molar-refractivity contribution in [1.82, 2.24) is 0 Å². The molecule has 1 aromatic carbocycles. The number of benzene rings is 1. The van der Waals surface area contributed by atoms with E-state index in [4.69, 9.17) is 4.74 Å². The average Bonchev–Trinajstić information content (AvgIpc) is 2.22. The summed E-state index contributed by atoms with van der Waals surface area (Å²) in [5, 5.41) is 9.86. The Bertz CT molecular complexity index is 344. The number of hydrogen-bond acceptors (Lipinski definition) is 2. The first-order chi connectivity index (χ1) is 7.54. The molecule has 0 bridgehead atoms. The lowest BCUT2D eigenvalue weighted by Crippen LogP contribution is -2.28. The molecule has 4 heteroatoms. The van der Waals surface area contributed by atoms with Crippen molar-refractivity contribution >= 4 is 15.9 Å². The van der Waals surface area contributed by atoms with Gasteiger partial charge in [0.25, 0.3) is 0 Å². The number of aliphatic hydroxyl groups excluding tert-OH is 1. The molecule has 0 aliphatic heterocycles. The van der Waals surface area contributed by atoms with Crippen LogP contribution in [0.15, 0.2) is 22.7 Å². The van der Waals surface area contributed by atoms with Gasteiger partial charge in [0.1, 0.15) is 5.82 Å². The maximum Gasteiger partial charge on any atom is 0.124 e. The third-order valence-corrected chi connectivity index (χ3v) is 3.15. The average molecular weight is 291 g/mol. The van der Waals surface area contributed by atoms with Crippen molar-refractivity contribution in [3.63, 3.8) is 0 Å². The molecule has 2 unspecified atom stereocenters. The fourth-order valence-electron chi connectivity index (χ4n) is 1.45. The van der Waals surface area contributed by atoms with Crippen molar-refractivity contribution in [2.75, 3.05) is 6.61 Å². The van der Waals surface area contributed by atoms with Crippen LogP contribution in [0.1, 0.15) is 19.4 Å². The highest BCUT2D eigenvalue weighted by atomic mass is 79.9. The summed E-state index contributed by atoms with van der Waals surface area (Å²) in [5.74, 6) is -0.289. The molecule has 0 heterocycles. The second kappa shape index (κ2) is 6.33. The number of rotatable bonds is 5. The number of ether oxygens (including phenoxy) is 1. The van der Waals surface area contributed by atoms with Gasteiger partial charge in [0.05, 0.1) is 12.2 Å². The maximum atomic E-state index is 12.8. The third-order valence-electron chi connectivity index (χ3n) is 2.42. The lowest BCUT2D eigenvalue weighted by molar-refractivity contribution is -0.0208. The molecule has 2 atom stereocenters. The van der Waals surface area contributed by atoms with Gasteiger partial charge < -0.3 is 9.84 Å². The summed E-state index contributed by atoms with van der Waals surface area (Å²) in [6.07, 6.45) is -0.356. The molecule has 0 saturated heterocycles. The van der Waals surface area contributed by atoms with Gasteiger partial charge in [-0.15, -0.1) is 0 Å². The summed E-state index contributed by atoms with van der Waals surface area (Å²) >= 11 is 3.27. The highest BCUT2D eigenvalue weighted by Gasteiger charge is 2.16. The van der Waals surface area contributed by atoms with Crippen molar-refractivity contribution in [3.8, 4) is 0 Å². The van der Waals surface area contributed by atoms with Gasteiger partial charge in [-0.05, 0) is 31.5 Å². The Balaban J connectivity index is 2.65. The van der Waals surface area contributed by atoms with Gasteiger partial charge in [0.15, 0.2) is 0 Å². The number of halogens is 2. The highest BCUT2D eigenvalue weighted by Crippen LogP contribution is 2.20. The Labute approximate surface area is 104 Å². The van der Waals surface area contributed by atoms with E-state index in [0.29, 0.717) is 17.5 Å². The normalized spacial score (nSPS) is 14.8. The maximum absolute atomic E-state index is 12.8. The zero-order valence-electron chi connectivity index (χ0n) is 9.41. The van der Waals surface area contributed by atoms with E-state index in [1.807, 2.05) is 13.8 Å². The van der Waals surface area contributed by atoms with Crippen LogP contribution in [0, 0.1) is 5.82 Å². The van der Waals surface area contributed by atoms with Crippen LogP contribution >= 0.6 is 15.9 Å². The molecule has 1 aromatic rings. The van der Waals surface area contributed by atoms with Crippen LogP contribution in [-0.4, -0.2) is 23.9 Å². The fraction of sp³-hybridized carbons (Fsp3) is 0.500. The largest absolute Gasteiger partial charge is 0.390 e. The summed E-state index contributed by atoms with van der Waals surface area (Å²) in [6.45, 7) is 4.28. The molecule has 0 saturated carbocycles. The van der Waals surface area contributed by atoms with Gasteiger partial charge in [-0.3, -0.25) is 0 Å². The molecule has 2 nitrogen and oxygen atoms in total. The Kier molecular flexibility index (Phi) is 5.38. The van der Waals surface area contributed by atoms with Crippen molar-refractivity contribution in [2.45, 2.75) is 32.5 Å². The van der Waals surface area contributed by atoms with Gasteiger partial charge in [-0.1, -0.05) is 22.0 Å². The van der Waals surface area contributed by atoms with E-state index in [1.165, 1.54) is 12.1 Å². The predicted molar refractivity (Wildman–Crippen MR) is 64.9 cm³/mol. The fourth-order valence-corrected chi connectivity index (χ4v) is 1.97. The van der Waals surface area contributed by atoms with Crippen LogP contribution < -0.4 is 0 Å². The molecule has 16 heavy (non-hydrogen) atoms. The van der Waals surface area contributed by atoms with Crippen LogP contribution in [0.2, 0.25) is 0 Å². The molecule has 0 aromatic heterocycles. The molecule has 0 radical (unpaired) electrons. The minimum Gasteiger partial charge on any atom is -0.390 e. The van der Waals surface area contributed by atoms with E-state index in [0.717, 1.165) is 5.56 Å². The van der Waals surface area contributed by atoms with E-state index in [9.17, 15) is 9.50 Å². The van der Waals surface area contributed by atoms with Crippen LogP contribution in [0.25, 0.3) is 0 Å². The standard InChI is InChI=1S/C12H16BrFO2/c1-3-16-8(2)12(15)6-9-4-5-10(14)7-11(9)13/h4-5,7-8,12,15H,3,6H2,1-2H3. The molecule has 0 amide bonds. The lowest BCUT2D eigenvalue weighted by Gasteiger charge is -2.19. The van der Waals surface area contributed by atoms with E-state index in [-0.39, 0.29) is 11.9 Å². The third kappa shape index (κ3) is 3.85. The molecule has 1 N–H and O–H groups in total. The first-order valence-electron chi connectivity index (χ1n) is 5.28. The van der Waals surface area contributed by atoms with Crippen molar-refractivity contribution < 1.29 is 14.2 Å². The van der Waals surface area contributed by atoms with Crippen molar-refractivity contribution in [2.24, 2.45) is 0 Å². The van der Waals surface area contributed by atoms with Gasteiger partial charge in [0.2, 0.25) is 0 Å². The van der Waals surface area contributed by atoms with E-state index < -0.39 is 6.10 Å². The first kappa shape index (κ1) is 13.6. The van der Waals surface area contributed by atoms with E-state index >= 15 is 0 Å². The smallest absolute Gasteiger partial charge is 0.124 e. The summed E-state index contributed by atoms with van der Waals surface area (Å²) in [6, 6.07) is 4.45. The Morgan fingerprint density at radius 2 is 2.19 bits per heavy atom. The predicted octanol–water partition coefficient (Wildman–Crippen LogP) is 2.92. The first-order valence-corrected chi connectivity index (χ1v) is 6.07. The molecule has 90 valence electrons. The second-order valence-electron chi connectivity index (χ2n) is 3.67. The SMILES string of the molecule is CCOC(C)C(O)Cc1ccc(F)cc1Br. The Hall–Kier alpha value is -0.450. The summed E-state index contributed by atoms with van der Waals surface area (Å²) in [5.41, 5.74) is 0.875. The number of hydrogen-bond donors (Lipinski definition) is 1. The minimum atomic E-state index is -0.582. The zero-order valence-corrected chi connectivity index (χ0v) is 11.0. The Morgan fingerprint density at radius 3 is 2.75 bits per heavy atom. The Morgan fingerprint density at radius 1 is 1.50 bits per heavy atom. The summed E-state index contributed by atoms with van der Waals surface area (Å²) in [4.78, 5) is 0. The van der Waals surface area contributed by atoms with Crippen LogP contribution in [0.4, 0.5) is 4.39 Å². The number of aliphatic hydroxyl groups is 1. The molecular weight excluding hydrogens is 275 g/mol. The van der Waals surface area contributed by atoms with E-state index in [2.05, 4.69) is 15.9 Å². The topological polar surface area (TPSA) is 29.5 Å². The van der Waals surface area contributed by atoms with Gasteiger partial charge in [-0.25, -0.2) is 4.39 Å². The van der Waals surface area contributed by atoms with Gasteiger partial charge in [-0.2, -0.15) is 0 Å². The van der Waals surface area contributed by atoms with Crippen LogP contribution in [-0.2, 0) is 11.2 Å². The van der Waals surface area contributed by atoms with Gasteiger partial charge in [0, 0.05) is 17.5 Å².